The normalized spacial score (nSPS) is 10.7. The van der Waals surface area contributed by atoms with Crippen LogP contribution in [0.2, 0.25) is 0 Å². The molecule has 0 fully saturated rings. The van der Waals surface area contributed by atoms with Crippen molar-refractivity contribution in [2.24, 2.45) is 0 Å². The van der Waals surface area contributed by atoms with Gasteiger partial charge in [0, 0.05) is 25.4 Å². The molecule has 1 aromatic carbocycles. The van der Waals surface area contributed by atoms with Gasteiger partial charge in [0.2, 0.25) is 5.91 Å². The molecule has 3 rings (SSSR count). The molecule has 7 nitrogen and oxygen atoms in total. The van der Waals surface area contributed by atoms with Gasteiger partial charge in [-0.15, -0.1) is 0 Å². The van der Waals surface area contributed by atoms with E-state index in [1.165, 1.54) is 0 Å². The van der Waals surface area contributed by atoms with Crippen molar-refractivity contribution in [2.45, 2.75) is 19.8 Å². The number of fused-ring (bicyclic) bond motifs is 1. The molecule has 1 amide bonds. The monoisotopic (exact) mass is 383 g/mol. The number of ether oxygens (including phenoxy) is 3. The third kappa shape index (κ3) is 4.54. The predicted molar refractivity (Wildman–Crippen MR) is 106 cm³/mol. The van der Waals surface area contributed by atoms with Crippen molar-refractivity contribution in [1.29, 1.82) is 0 Å². The minimum absolute atomic E-state index is 0.0500. The molecule has 0 radical (unpaired) electrons. The summed E-state index contributed by atoms with van der Waals surface area (Å²) in [6.07, 6.45) is 4.81. The number of aromatic nitrogens is 2. The number of carbonyl (C=O) groups excluding carboxylic acids is 1. The molecule has 0 saturated heterocycles. The molecule has 2 aromatic heterocycles. The van der Waals surface area contributed by atoms with E-state index in [0.717, 1.165) is 22.7 Å². The second kappa shape index (κ2) is 9.12. The first-order valence-electron chi connectivity index (χ1n) is 9.21. The number of hydrogen-bond donors (Lipinski definition) is 1. The van der Waals surface area contributed by atoms with Crippen molar-refractivity contribution in [3.8, 4) is 17.2 Å². The molecule has 0 aliphatic heterocycles. The van der Waals surface area contributed by atoms with Crippen LogP contribution in [0.15, 0.2) is 42.7 Å². The van der Waals surface area contributed by atoms with Crippen LogP contribution in [0.25, 0.3) is 5.65 Å². The van der Waals surface area contributed by atoms with E-state index in [2.05, 4.69) is 10.3 Å². The molecule has 28 heavy (non-hydrogen) atoms. The summed E-state index contributed by atoms with van der Waals surface area (Å²) in [5.74, 6) is 1.97. The largest absolute Gasteiger partial charge is 0.493 e. The van der Waals surface area contributed by atoms with E-state index < -0.39 is 0 Å². The molecule has 0 unspecified atom stereocenters. The van der Waals surface area contributed by atoms with E-state index in [0.29, 0.717) is 31.1 Å². The number of hydrogen-bond acceptors (Lipinski definition) is 5. The van der Waals surface area contributed by atoms with Crippen LogP contribution in [0.4, 0.5) is 0 Å². The number of rotatable bonds is 9. The summed E-state index contributed by atoms with van der Waals surface area (Å²) in [5.41, 5.74) is 2.55. The van der Waals surface area contributed by atoms with Crippen molar-refractivity contribution in [1.82, 2.24) is 14.7 Å². The number of pyridine rings is 1. The number of methoxy groups -OCH3 is 2. The average Bonchev–Trinajstić information content (AvgIpc) is 3.12. The summed E-state index contributed by atoms with van der Waals surface area (Å²) >= 11 is 0. The minimum atomic E-state index is -0.0500. The van der Waals surface area contributed by atoms with E-state index in [9.17, 15) is 4.79 Å². The lowest BCUT2D eigenvalue weighted by atomic mass is 10.1. The summed E-state index contributed by atoms with van der Waals surface area (Å²) in [5, 5.41) is 2.94. The van der Waals surface area contributed by atoms with Crippen LogP contribution in [0, 0.1) is 0 Å². The number of benzene rings is 1. The average molecular weight is 383 g/mol. The number of carbonyl (C=O) groups is 1. The van der Waals surface area contributed by atoms with E-state index >= 15 is 0 Å². The first kappa shape index (κ1) is 19.5. The zero-order valence-electron chi connectivity index (χ0n) is 16.4. The topological polar surface area (TPSA) is 74.1 Å². The van der Waals surface area contributed by atoms with Gasteiger partial charge in [0.25, 0.3) is 0 Å². The highest BCUT2D eigenvalue weighted by molar-refractivity contribution is 5.78. The van der Waals surface area contributed by atoms with Crippen molar-refractivity contribution in [3.05, 3.63) is 54.0 Å². The summed E-state index contributed by atoms with van der Waals surface area (Å²) in [4.78, 5) is 16.8. The smallest absolute Gasteiger partial charge is 0.224 e. The second-order valence-corrected chi connectivity index (χ2v) is 6.23. The lowest BCUT2D eigenvalue weighted by molar-refractivity contribution is -0.120. The maximum absolute atomic E-state index is 12.2. The quantitative estimate of drug-likeness (QED) is 0.615. The Morgan fingerprint density at radius 2 is 1.96 bits per heavy atom. The van der Waals surface area contributed by atoms with E-state index in [-0.39, 0.29) is 12.3 Å². The summed E-state index contributed by atoms with van der Waals surface area (Å²) in [7, 11) is 3.16. The summed E-state index contributed by atoms with van der Waals surface area (Å²) in [6.45, 7) is 3.05. The molecular weight excluding hydrogens is 358 g/mol. The Morgan fingerprint density at radius 1 is 1.14 bits per heavy atom. The van der Waals surface area contributed by atoms with Crippen molar-refractivity contribution >= 4 is 11.6 Å². The predicted octanol–water partition coefficient (Wildman–Crippen LogP) is 2.65. The van der Waals surface area contributed by atoms with E-state index in [1.54, 1.807) is 20.3 Å². The molecule has 1 N–H and O–H groups in total. The number of nitrogens with one attached hydrogen (secondary N) is 1. The van der Waals surface area contributed by atoms with Crippen LogP contribution in [-0.2, 0) is 17.6 Å². The van der Waals surface area contributed by atoms with Crippen LogP contribution in [0.1, 0.15) is 18.2 Å². The second-order valence-electron chi connectivity index (χ2n) is 6.23. The number of amides is 1. The Balaban J connectivity index is 1.55. The van der Waals surface area contributed by atoms with Crippen molar-refractivity contribution < 1.29 is 19.0 Å². The number of nitrogens with zero attached hydrogens (tertiary/aromatic N) is 2. The molecule has 3 aromatic rings. The fourth-order valence-corrected chi connectivity index (χ4v) is 3.00. The van der Waals surface area contributed by atoms with Crippen molar-refractivity contribution in [2.75, 3.05) is 27.4 Å². The molecule has 0 saturated carbocycles. The maximum atomic E-state index is 12.2. The molecule has 0 spiro atoms. The molecule has 0 atom stereocenters. The maximum Gasteiger partial charge on any atom is 0.224 e. The van der Waals surface area contributed by atoms with Gasteiger partial charge in [0.15, 0.2) is 22.9 Å². The lowest BCUT2D eigenvalue weighted by Gasteiger charge is -2.09. The standard InChI is InChI=1S/C21H25N3O4/c1-4-28-18-6-5-11-24-14-16(23-21(18)24)9-10-22-20(25)13-15-7-8-17(26-2)19(12-15)27-3/h5-8,11-12,14H,4,9-10,13H2,1-3H3,(H,22,25). The van der Waals surface area contributed by atoms with Gasteiger partial charge in [-0.2, -0.15) is 0 Å². The Kier molecular flexibility index (Phi) is 6.37. The minimum Gasteiger partial charge on any atom is -0.493 e. The van der Waals surface area contributed by atoms with Crippen molar-refractivity contribution in [3.63, 3.8) is 0 Å². The van der Waals surface area contributed by atoms with Gasteiger partial charge in [-0.25, -0.2) is 4.98 Å². The first-order valence-corrected chi connectivity index (χ1v) is 9.21. The van der Waals surface area contributed by atoms with Gasteiger partial charge >= 0.3 is 0 Å². The van der Waals surface area contributed by atoms with Crippen LogP contribution in [0.3, 0.4) is 0 Å². The third-order valence-corrected chi connectivity index (χ3v) is 4.31. The van der Waals surface area contributed by atoms with Gasteiger partial charge in [-0.1, -0.05) is 6.07 Å². The Labute approximate surface area is 164 Å². The van der Waals surface area contributed by atoms with Gasteiger partial charge in [0.05, 0.1) is 32.9 Å². The summed E-state index contributed by atoms with van der Waals surface area (Å²) in [6, 6.07) is 9.30. The third-order valence-electron chi connectivity index (χ3n) is 4.31. The van der Waals surface area contributed by atoms with E-state index in [4.69, 9.17) is 14.2 Å². The molecule has 2 heterocycles. The molecule has 0 aliphatic carbocycles. The zero-order valence-corrected chi connectivity index (χ0v) is 16.4. The van der Waals surface area contributed by atoms with Gasteiger partial charge in [-0.05, 0) is 36.8 Å². The molecule has 7 heteroatoms. The zero-order chi connectivity index (χ0) is 19.9. The van der Waals surface area contributed by atoms with Crippen LogP contribution in [0.5, 0.6) is 17.2 Å². The molecule has 0 bridgehead atoms. The highest BCUT2D eigenvalue weighted by Crippen LogP contribution is 2.27. The first-order chi connectivity index (χ1) is 13.6. The van der Waals surface area contributed by atoms with Gasteiger partial charge < -0.3 is 23.9 Å². The summed E-state index contributed by atoms with van der Waals surface area (Å²) < 4.78 is 18.0. The fraction of sp³-hybridized carbons (Fsp3) is 0.333. The van der Waals surface area contributed by atoms with Crippen LogP contribution < -0.4 is 19.5 Å². The number of imidazole rings is 1. The SMILES string of the molecule is CCOc1cccn2cc(CCNC(=O)Cc3ccc(OC)c(OC)c3)nc12. The fourth-order valence-electron chi connectivity index (χ4n) is 3.00. The van der Waals surface area contributed by atoms with E-state index in [1.807, 2.05) is 48.0 Å². The van der Waals surface area contributed by atoms with Gasteiger partial charge in [-0.3, -0.25) is 4.79 Å². The lowest BCUT2D eigenvalue weighted by Crippen LogP contribution is -2.27. The Hall–Kier alpha value is -3.22. The molecule has 148 valence electrons. The molecular formula is C21H25N3O4. The Bertz CT molecular complexity index is 952. The van der Waals surface area contributed by atoms with Gasteiger partial charge in [0.1, 0.15) is 0 Å². The Morgan fingerprint density at radius 3 is 2.71 bits per heavy atom. The van der Waals surface area contributed by atoms with Crippen LogP contribution in [-0.4, -0.2) is 42.7 Å². The highest BCUT2D eigenvalue weighted by atomic mass is 16.5. The van der Waals surface area contributed by atoms with Crippen LogP contribution >= 0.6 is 0 Å². The molecule has 0 aliphatic rings. The highest BCUT2D eigenvalue weighted by Gasteiger charge is 2.10.